The molecule has 178 valence electrons. The molecular weight excluding hydrogens is 452 g/mol. The van der Waals surface area contributed by atoms with Gasteiger partial charge in [-0.25, -0.2) is 0 Å². The fraction of sp³-hybridized carbons (Fsp3) is 0.458. The van der Waals surface area contributed by atoms with Crippen LogP contribution in [0.2, 0.25) is 5.02 Å². The molecule has 1 saturated carbocycles. The number of halogens is 1. The molecular formula is C24H27ClO8. The maximum Gasteiger partial charge on any atom is 0.222 e. The molecule has 2 fully saturated rings. The highest BCUT2D eigenvalue weighted by Crippen LogP contribution is 2.38. The van der Waals surface area contributed by atoms with Gasteiger partial charge in [-0.3, -0.25) is 4.79 Å². The van der Waals surface area contributed by atoms with E-state index in [-0.39, 0.29) is 17.5 Å². The number of aliphatic hydroxyl groups is 5. The van der Waals surface area contributed by atoms with E-state index in [2.05, 4.69) is 0 Å². The minimum absolute atomic E-state index is 0.119. The number of rotatable bonds is 6. The van der Waals surface area contributed by atoms with Crippen molar-refractivity contribution in [1.82, 2.24) is 0 Å². The van der Waals surface area contributed by atoms with Gasteiger partial charge < -0.3 is 35.0 Å². The van der Waals surface area contributed by atoms with Gasteiger partial charge in [-0.15, -0.1) is 0 Å². The minimum atomic E-state index is -2.35. The molecule has 2 aliphatic rings. The molecule has 0 bridgehead atoms. The maximum atomic E-state index is 11.8. The molecule has 0 aromatic heterocycles. The van der Waals surface area contributed by atoms with Gasteiger partial charge in [-0.05, 0) is 54.7 Å². The molecule has 1 aliphatic heterocycles. The summed E-state index contributed by atoms with van der Waals surface area (Å²) in [6, 6.07) is 11.8. The molecule has 33 heavy (non-hydrogen) atoms. The lowest BCUT2D eigenvalue weighted by Crippen LogP contribution is -2.63. The van der Waals surface area contributed by atoms with Gasteiger partial charge in [0.2, 0.25) is 5.79 Å². The van der Waals surface area contributed by atoms with E-state index in [0.717, 1.165) is 18.4 Å². The van der Waals surface area contributed by atoms with Gasteiger partial charge in [0, 0.05) is 17.0 Å². The van der Waals surface area contributed by atoms with Crippen LogP contribution in [0, 0.1) is 0 Å². The van der Waals surface area contributed by atoms with Crippen LogP contribution in [0.1, 0.15) is 36.0 Å². The molecule has 1 saturated heterocycles. The maximum absolute atomic E-state index is 11.8. The number of ketones is 1. The number of ether oxygens (including phenoxy) is 2. The molecule has 9 heteroatoms. The summed E-state index contributed by atoms with van der Waals surface area (Å²) >= 11 is 6.36. The first-order valence-corrected chi connectivity index (χ1v) is 11.2. The fourth-order valence-electron chi connectivity index (χ4n) is 4.30. The number of hydrogen-bond acceptors (Lipinski definition) is 8. The van der Waals surface area contributed by atoms with E-state index in [4.69, 9.17) is 21.1 Å². The van der Waals surface area contributed by atoms with Crippen LogP contribution in [-0.4, -0.2) is 68.4 Å². The molecule has 4 rings (SSSR count). The lowest BCUT2D eigenvalue weighted by atomic mass is 9.87. The Morgan fingerprint density at radius 2 is 1.82 bits per heavy atom. The molecule has 8 nitrogen and oxygen atoms in total. The Morgan fingerprint density at radius 3 is 2.45 bits per heavy atom. The zero-order chi connectivity index (χ0) is 23.8. The summed E-state index contributed by atoms with van der Waals surface area (Å²) < 4.78 is 11.2. The van der Waals surface area contributed by atoms with E-state index in [1.54, 1.807) is 18.2 Å². The van der Waals surface area contributed by atoms with E-state index >= 15 is 0 Å². The third kappa shape index (κ3) is 4.79. The molecule has 6 atom stereocenters. The van der Waals surface area contributed by atoms with E-state index in [1.807, 2.05) is 12.1 Å². The molecule has 2 aromatic rings. The molecule has 2 aromatic carbocycles. The van der Waals surface area contributed by atoms with E-state index in [1.165, 1.54) is 12.1 Å². The van der Waals surface area contributed by atoms with Crippen LogP contribution in [0.5, 0.6) is 5.75 Å². The van der Waals surface area contributed by atoms with E-state index in [9.17, 15) is 30.3 Å². The zero-order valence-corrected chi connectivity index (χ0v) is 18.6. The highest BCUT2D eigenvalue weighted by atomic mass is 35.5. The van der Waals surface area contributed by atoms with Crippen LogP contribution in [0.3, 0.4) is 0 Å². The molecule has 5 N–H and O–H groups in total. The monoisotopic (exact) mass is 478 g/mol. The number of Topliss-reactive ketones (excluding diaryl/α,β-unsaturated/α-hetero) is 1. The summed E-state index contributed by atoms with van der Waals surface area (Å²) in [6.45, 7) is -0.658. The number of benzene rings is 2. The predicted molar refractivity (Wildman–Crippen MR) is 118 cm³/mol. The summed E-state index contributed by atoms with van der Waals surface area (Å²) in [5.41, 5.74) is 1.64. The topological polar surface area (TPSA) is 137 Å². The van der Waals surface area contributed by atoms with Gasteiger partial charge >= 0.3 is 0 Å². The second-order valence-corrected chi connectivity index (χ2v) is 8.96. The molecule has 0 radical (unpaired) electrons. The average molecular weight is 479 g/mol. The molecule has 1 heterocycles. The van der Waals surface area contributed by atoms with Crippen LogP contribution >= 0.6 is 11.6 Å². The van der Waals surface area contributed by atoms with Crippen molar-refractivity contribution >= 4 is 17.4 Å². The summed E-state index contributed by atoms with van der Waals surface area (Å²) in [7, 11) is 0. The van der Waals surface area contributed by atoms with Gasteiger partial charge in [-0.1, -0.05) is 29.8 Å². The number of carbonyl (C=O) groups excluding carboxylic acids is 1. The predicted octanol–water partition coefficient (Wildman–Crippen LogP) is 1.05. The van der Waals surface area contributed by atoms with Crippen molar-refractivity contribution in [2.24, 2.45) is 0 Å². The van der Waals surface area contributed by atoms with Crippen LogP contribution in [-0.2, 0) is 21.7 Å². The van der Waals surface area contributed by atoms with E-state index in [0.29, 0.717) is 29.2 Å². The SMILES string of the molecule is O=C1CCCC1Oc1ccc(Cc2cc([C@]3(O)O[C@H](CO)[C@@H](O)[C@H](O)[C@H]3O)ccc2Cl)cc1. The Kier molecular flexibility index (Phi) is 7.07. The smallest absolute Gasteiger partial charge is 0.222 e. The first-order valence-electron chi connectivity index (χ1n) is 10.9. The van der Waals surface area contributed by atoms with Crippen LogP contribution < -0.4 is 4.74 Å². The normalized spacial score (nSPS) is 32.2. The van der Waals surface area contributed by atoms with Crippen molar-refractivity contribution in [2.75, 3.05) is 6.61 Å². The Morgan fingerprint density at radius 1 is 1.09 bits per heavy atom. The lowest BCUT2D eigenvalue weighted by Gasteiger charge is -2.45. The quantitative estimate of drug-likeness (QED) is 0.415. The first-order chi connectivity index (χ1) is 15.7. The number of carbonyl (C=O) groups is 1. The van der Waals surface area contributed by atoms with Crippen molar-refractivity contribution < 1.29 is 39.8 Å². The first kappa shape index (κ1) is 24.1. The Labute approximate surface area is 196 Å². The Bertz CT molecular complexity index is 994. The highest BCUT2D eigenvalue weighted by Gasteiger charge is 2.53. The summed E-state index contributed by atoms with van der Waals surface area (Å²) in [5.74, 6) is -1.63. The fourth-order valence-corrected chi connectivity index (χ4v) is 4.49. The minimum Gasteiger partial charge on any atom is -0.483 e. The molecule has 1 aliphatic carbocycles. The standard InChI is InChI=1S/C24H27ClO8/c25-17-9-6-15(24(31)23(30)22(29)21(28)20(12-26)33-24)11-14(17)10-13-4-7-16(8-5-13)32-19-3-1-2-18(19)27/h4-9,11,19-23,26,28-31H,1-3,10,12H2/t19?,20-,21-,22+,23-,24+/m1/s1. The second kappa shape index (κ2) is 9.68. The van der Waals surface area contributed by atoms with Gasteiger partial charge in [0.15, 0.2) is 11.9 Å². The van der Waals surface area contributed by atoms with E-state index < -0.39 is 36.8 Å². The third-order valence-corrected chi connectivity index (χ3v) is 6.64. The largest absolute Gasteiger partial charge is 0.483 e. The Hall–Kier alpha value is -2.04. The summed E-state index contributed by atoms with van der Waals surface area (Å²) in [6.07, 6.45) is -4.30. The van der Waals surface area contributed by atoms with Crippen molar-refractivity contribution in [1.29, 1.82) is 0 Å². The summed E-state index contributed by atoms with van der Waals surface area (Å²) in [5, 5.41) is 51.4. The number of hydrogen-bond donors (Lipinski definition) is 5. The van der Waals surface area contributed by atoms with Crippen LogP contribution in [0.15, 0.2) is 42.5 Å². The molecule has 0 spiro atoms. The van der Waals surface area contributed by atoms with Crippen molar-refractivity contribution in [3.8, 4) is 5.75 Å². The van der Waals surface area contributed by atoms with Gasteiger partial charge in [-0.2, -0.15) is 0 Å². The zero-order valence-electron chi connectivity index (χ0n) is 17.8. The third-order valence-electron chi connectivity index (χ3n) is 6.27. The van der Waals surface area contributed by atoms with Crippen LogP contribution in [0.25, 0.3) is 0 Å². The Balaban J connectivity index is 1.53. The summed E-state index contributed by atoms with van der Waals surface area (Å²) in [4.78, 5) is 11.8. The van der Waals surface area contributed by atoms with Crippen LogP contribution in [0.4, 0.5) is 0 Å². The molecule has 1 unspecified atom stereocenters. The second-order valence-electron chi connectivity index (χ2n) is 8.55. The molecule has 0 amide bonds. The van der Waals surface area contributed by atoms with Gasteiger partial charge in [0.05, 0.1) is 6.61 Å². The highest BCUT2D eigenvalue weighted by molar-refractivity contribution is 6.31. The van der Waals surface area contributed by atoms with Gasteiger partial charge in [0.1, 0.15) is 30.2 Å². The lowest BCUT2D eigenvalue weighted by molar-refractivity contribution is -0.357. The average Bonchev–Trinajstić information content (AvgIpc) is 3.21. The van der Waals surface area contributed by atoms with Crippen molar-refractivity contribution in [3.63, 3.8) is 0 Å². The number of aliphatic hydroxyl groups excluding tert-OH is 4. The van der Waals surface area contributed by atoms with Crippen molar-refractivity contribution in [2.45, 2.75) is 62.0 Å². The van der Waals surface area contributed by atoms with Gasteiger partial charge in [0.25, 0.3) is 0 Å². The van der Waals surface area contributed by atoms with Crippen molar-refractivity contribution in [3.05, 3.63) is 64.2 Å².